The quantitative estimate of drug-likeness (QED) is 0.906. The summed E-state index contributed by atoms with van der Waals surface area (Å²) in [5.41, 5.74) is 2.82. The Morgan fingerprint density at radius 3 is 2.18 bits per heavy atom. The van der Waals surface area contributed by atoms with Gasteiger partial charge in [0.25, 0.3) is 0 Å². The van der Waals surface area contributed by atoms with Crippen molar-refractivity contribution in [1.82, 2.24) is 9.62 Å². The Labute approximate surface area is 135 Å². The van der Waals surface area contributed by atoms with Crippen LogP contribution in [0.5, 0.6) is 0 Å². The van der Waals surface area contributed by atoms with E-state index in [-0.39, 0.29) is 6.04 Å². The van der Waals surface area contributed by atoms with E-state index in [0.717, 1.165) is 49.0 Å². The number of nitrogens with zero attached hydrogens (tertiary/aromatic N) is 1. The summed E-state index contributed by atoms with van der Waals surface area (Å²) >= 11 is 0. The van der Waals surface area contributed by atoms with E-state index >= 15 is 0 Å². The molecule has 5 heteroatoms. The van der Waals surface area contributed by atoms with Gasteiger partial charge in [0, 0.05) is 12.6 Å². The van der Waals surface area contributed by atoms with Gasteiger partial charge in [0.15, 0.2) is 0 Å². The molecule has 1 aromatic rings. The highest BCUT2D eigenvalue weighted by molar-refractivity contribution is 7.89. The van der Waals surface area contributed by atoms with E-state index in [4.69, 9.17) is 0 Å². The Bertz CT molecular complexity index is 597. The molecule has 0 aliphatic carbocycles. The minimum absolute atomic E-state index is 0.117. The number of benzene rings is 1. The number of piperidine rings is 1. The summed E-state index contributed by atoms with van der Waals surface area (Å²) in [6.07, 6.45) is 2.62. The van der Waals surface area contributed by atoms with Crippen LogP contribution in [0.4, 0.5) is 0 Å². The minimum Gasteiger partial charge on any atom is -0.317 e. The summed E-state index contributed by atoms with van der Waals surface area (Å²) in [6.45, 7) is 10.2. The molecule has 0 bridgehead atoms. The second-order valence-corrected chi connectivity index (χ2v) is 8.15. The van der Waals surface area contributed by atoms with Crippen LogP contribution < -0.4 is 5.32 Å². The molecule has 1 heterocycles. The predicted octanol–water partition coefficient (Wildman–Crippen LogP) is 2.76. The van der Waals surface area contributed by atoms with Crippen LogP contribution >= 0.6 is 0 Å². The van der Waals surface area contributed by atoms with Gasteiger partial charge in [-0.25, -0.2) is 8.42 Å². The lowest BCUT2D eigenvalue weighted by Crippen LogP contribution is -2.46. The fraction of sp³-hybridized carbons (Fsp3) is 0.647. The smallest absolute Gasteiger partial charge is 0.243 e. The molecule has 1 saturated heterocycles. The first kappa shape index (κ1) is 17.4. The number of nitrogens with one attached hydrogen (secondary N) is 1. The highest BCUT2D eigenvalue weighted by atomic mass is 32.2. The van der Waals surface area contributed by atoms with Crippen LogP contribution in [0.15, 0.2) is 17.0 Å². The SMILES string of the molecule is CCCN(C1CCNCC1)S(=O)(=O)c1c(C)cc(C)cc1C. The van der Waals surface area contributed by atoms with Gasteiger partial charge in [-0.15, -0.1) is 0 Å². The van der Waals surface area contributed by atoms with Crippen molar-refractivity contribution in [2.45, 2.75) is 57.9 Å². The highest BCUT2D eigenvalue weighted by Gasteiger charge is 2.33. The maximum Gasteiger partial charge on any atom is 0.243 e. The number of rotatable bonds is 5. The van der Waals surface area contributed by atoms with Gasteiger partial charge in [-0.2, -0.15) is 4.31 Å². The molecule has 22 heavy (non-hydrogen) atoms. The van der Waals surface area contributed by atoms with Gasteiger partial charge in [0.2, 0.25) is 10.0 Å². The van der Waals surface area contributed by atoms with Crippen LogP contribution in [0.2, 0.25) is 0 Å². The zero-order chi connectivity index (χ0) is 16.3. The summed E-state index contributed by atoms with van der Waals surface area (Å²) in [7, 11) is -3.44. The van der Waals surface area contributed by atoms with Crippen LogP contribution in [0.3, 0.4) is 0 Å². The van der Waals surface area contributed by atoms with Crippen molar-refractivity contribution < 1.29 is 8.42 Å². The molecular weight excluding hydrogens is 296 g/mol. The van der Waals surface area contributed by atoms with E-state index in [1.807, 2.05) is 39.8 Å². The van der Waals surface area contributed by atoms with E-state index in [0.29, 0.717) is 11.4 Å². The first-order valence-corrected chi connectivity index (χ1v) is 9.62. The van der Waals surface area contributed by atoms with Crippen LogP contribution in [-0.4, -0.2) is 38.4 Å². The molecule has 1 aromatic carbocycles. The second-order valence-electron chi connectivity index (χ2n) is 6.32. The van der Waals surface area contributed by atoms with Gasteiger partial charge in [-0.1, -0.05) is 24.6 Å². The summed E-state index contributed by atoms with van der Waals surface area (Å²) in [4.78, 5) is 0.505. The molecule has 1 aliphatic heterocycles. The Morgan fingerprint density at radius 2 is 1.68 bits per heavy atom. The van der Waals surface area contributed by atoms with E-state index in [1.54, 1.807) is 4.31 Å². The Morgan fingerprint density at radius 1 is 1.14 bits per heavy atom. The number of sulfonamides is 1. The van der Waals surface area contributed by atoms with E-state index in [2.05, 4.69) is 5.32 Å². The van der Waals surface area contributed by atoms with Crippen molar-refractivity contribution in [3.05, 3.63) is 28.8 Å². The van der Waals surface area contributed by atoms with Crippen LogP contribution in [0.1, 0.15) is 42.9 Å². The normalized spacial score (nSPS) is 17.1. The van der Waals surface area contributed by atoms with Crippen molar-refractivity contribution in [2.24, 2.45) is 0 Å². The monoisotopic (exact) mass is 324 g/mol. The summed E-state index contributed by atoms with van der Waals surface area (Å²) < 4.78 is 28.3. The van der Waals surface area contributed by atoms with E-state index in [9.17, 15) is 8.42 Å². The molecule has 0 aromatic heterocycles. The first-order valence-electron chi connectivity index (χ1n) is 8.18. The molecule has 0 amide bonds. The van der Waals surface area contributed by atoms with Crippen LogP contribution in [-0.2, 0) is 10.0 Å². The maximum absolute atomic E-state index is 13.3. The minimum atomic E-state index is -3.44. The number of hydrogen-bond donors (Lipinski definition) is 1. The lowest BCUT2D eigenvalue weighted by Gasteiger charge is -2.34. The second kappa shape index (κ2) is 7.11. The Hall–Kier alpha value is -0.910. The molecule has 0 atom stereocenters. The van der Waals surface area contributed by atoms with Gasteiger partial charge in [-0.3, -0.25) is 0 Å². The zero-order valence-corrected chi connectivity index (χ0v) is 15.0. The first-order chi connectivity index (χ1) is 10.4. The third kappa shape index (κ3) is 3.53. The van der Waals surface area contributed by atoms with Crippen molar-refractivity contribution >= 4 is 10.0 Å². The fourth-order valence-electron chi connectivity index (χ4n) is 3.50. The largest absolute Gasteiger partial charge is 0.317 e. The lowest BCUT2D eigenvalue weighted by molar-refractivity contribution is 0.262. The third-order valence-electron chi connectivity index (χ3n) is 4.33. The average molecular weight is 324 g/mol. The van der Waals surface area contributed by atoms with Gasteiger partial charge in [0.05, 0.1) is 4.90 Å². The summed E-state index contributed by atoms with van der Waals surface area (Å²) in [5.74, 6) is 0. The molecule has 0 spiro atoms. The molecule has 0 saturated carbocycles. The van der Waals surface area contributed by atoms with Crippen molar-refractivity contribution in [2.75, 3.05) is 19.6 Å². The highest BCUT2D eigenvalue weighted by Crippen LogP contribution is 2.28. The molecule has 1 aliphatic rings. The Kier molecular flexibility index (Phi) is 5.64. The standard InChI is InChI=1S/C17H28N2O2S/c1-5-10-19(16-6-8-18-9-7-16)22(20,21)17-14(3)11-13(2)12-15(17)4/h11-12,16,18H,5-10H2,1-4H3. The fourth-order valence-corrected chi connectivity index (χ4v) is 5.70. The van der Waals surface area contributed by atoms with Crippen molar-refractivity contribution in [3.63, 3.8) is 0 Å². The molecule has 0 radical (unpaired) electrons. The van der Waals surface area contributed by atoms with Crippen molar-refractivity contribution in [1.29, 1.82) is 0 Å². The number of aryl methyl sites for hydroxylation is 3. The van der Waals surface area contributed by atoms with Gasteiger partial charge in [0.1, 0.15) is 0 Å². The maximum atomic E-state index is 13.3. The molecule has 4 nitrogen and oxygen atoms in total. The van der Waals surface area contributed by atoms with Crippen molar-refractivity contribution in [3.8, 4) is 0 Å². The van der Waals surface area contributed by atoms with Gasteiger partial charge in [-0.05, 0) is 64.3 Å². The molecule has 0 unspecified atom stereocenters. The number of hydrogen-bond acceptors (Lipinski definition) is 3. The zero-order valence-electron chi connectivity index (χ0n) is 14.1. The predicted molar refractivity (Wildman–Crippen MR) is 90.7 cm³/mol. The van der Waals surface area contributed by atoms with E-state index < -0.39 is 10.0 Å². The van der Waals surface area contributed by atoms with Gasteiger partial charge >= 0.3 is 0 Å². The molecular formula is C17H28N2O2S. The molecule has 2 rings (SSSR count). The summed E-state index contributed by atoms with van der Waals surface area (Å²) in [6, 6.07) is 4.05. The molecule has 124 valence electrons. The average Bonchev–Trinajstić information content (AvgIpc) is 2.44. The molecule has 1 N–H and O–H groups in total. The van der Waals surface area contributed by atoms with E-state index in [1.165, 1.54) is 0 Å². The van der Waals surface area contributed by atoms with Crippen LogP contribution in [0, 0.1) is 20.8 Å². The lowest BCUT2D eigenvalue weighted by atomic mass is 10.1. The third-order valence-corrected chi connectivity index (χ3v) is 6.59. The topological polar surface area (TPSA) is 49.4 Å². The van der Waals surface area contributed by atoms with Crippen LogP contribution in [0.25, 0.3) is 0 Å². The Balaban J connectivity index is 2.45. The summed E-state index contributed by atoms with van der Waals surface area (Å²) in [5, 5.41) is 3.31. The molecule has 1 fully saturated rings. The van der Waals surface area contributed by atoms with Gasteiger partial charge < -0.3 is 5.32 Å².